The number of halogens is 1. The van der Waals surface area contributed by atoms with Gasteiger partial charge in [-0.05, 0) is 55.8 Å². The van der Waals surface area contributed by atoms with E-state index < -0.39 is 8.07 Å². The number of benzene rings is 1. The number of aromatic nitrogens is 4. The largest absolute Gasteiger partial charge is 0.381 e. The van der Waals surface area contributed by atoms with E-state index >= 15 is 0 Å². The van der Waals surface area contributed by atoms with Crippen LogP contribution in [0.2, 0.25) is 25.7 Å². The van der Waals surface area contributed by atoms with Crippen molar-refractivity contribution in [3.8, 4) is 11.3 Å². The smallest absolute Gasteiger partial charge is 0.262 e. The van der Waals surface area contributed by atoms with Gasteiger partial charge in [-0.3, -0.25) is 18.7 Å². The Bertz CT molecular complexity index is 1960. The molecule has 2 aliphatic heterocycles. The van der Waals surface area contributed by atoms with E-state index in [1.165, 1.54) is 17.7 Å². The van der Waals surface area contributed by atoms with E-state index in [0.29, 0.717) is 29.1 Å². The van der Waals surface area contributed by atoms with E-state index in [-0.39, 0.29) is 23.6 Å². The molecule has 1 spiro atoms. The van der Waals surface area contributed by atoms with E-state index in [9.17, 15) is 9.18 Å². The lowest BCUT2D eigenvalue weighted by Gasteiger charge is -2.40. The maximum absolute atomic E-state index is 14.1. The predicted molar refractivity (Wildman–Crippen MR) is 177 cm³/mol. The van der Waals surface area contributed by atoms with Gasteiger partial charge in [0.05, 0.1) is 34.2 Å². The van der Waals surface area contributed by atoms with E-state index in [1.54, 1.807) is 23.2 Å². The molecule has 1 aromatic carbocycles. The molecule has 7 rings (SSSR count). The van der Waals surface area contributed by atoms with E-state index in [1.807, 2.05) is 28.7 Å². The fourth-order valence-corrected chi connectivity index (χ4v) is 7.48. The van der Waals surface area contributed by atoms with Crippen LogP contribution in [0.3, 0.4) is 0 Å². The van der Waals surface area contributed by atoms with E-state index in [2.05, 4.69) is 48.0 Å². The Kier molecular flexibility index (Phi) is 7.59. The van der Waals surface area contributed by atoms with Crippen LogP contribution in [-0.4, -0.2) is 58.8 Å². The normalized spacial score (nSPS) is 16.6. The summed E-state index contributed by atoms with van der Waals surface area (Å²) in [7, 11) is 0.897. The molecule has 2 aliphatic rings. The van der Waals surface area contributed by atoms with E-state index in [4.69, 9.17) is 14.5 Å². The first kappa shape index (κ1) is 29.8. The van der Waals surface area contributed by atoms with Crippen LogP contribution >= 0.6 is 0 Å². The molecule has 5 aromatic rings. The second-order valence-electron chi connectivity index (χ2n) is 13.4. The van der Waals surface area contributed by atoms with Crippen molar-refractivity contribution in [2.75, 3.05) is 32.2 Å². The lowest BCUT2D eigenvalue weighted by atomic mass is 9.84. The number of nitrogens with zero attached hydrogens (tertiary/aromatic N) is 5. The highest BCUT2D eigenvalue weighted by molar-refractivity contribution is 6.76. The van der Waals surface area contributed by atoms with Gasteiger partial charge in [0.2, 0.25) is 0 Å². The van der Waals surface area contributed by atoms with Gasteiger partial charge in [0.15, 0.2) is 0 Å². The minimum Gasteiger partial charge on any atom is -0.381 e. The number of nitrogens with one attached hydrogen (secondary N) is 1. The van der Waals surface area contributed by atoms with Crippen molar-refractivity contribution >= 4 is 36.0 Å². The fourth-order valence-electron chi connectivity index (χ4n) is 6.72. The maximum atomic E-state index is 14.1. The van der Waals surface area contributed by atoms with Crippen molar-refractivity contribution < 1.29 is 13.9 Å². The molecule has 1 fully saturated rings. The highest BCUT2D eigenvalue weighted by Crippen LogP contribution is 2.45. The summed E-state index contributed by atoms with van der Waals surface area (Å²) in [6.45, 7) is 9.97. The third-order valence-corrected chi connectivity index (χ3v) is 11.0. The predicted octanol–water partition coefficient (Wildman–Crippen LogP) is 6.36. The molecule has 0 aliphatic carbocycles. The molecular weight excluding hydrogens is 587 g/mol. The Hall–Kier alpha value is -3.90. The van der Waals surface area contributed by atoms with Crippen LogP contribution in [0.5, 0.6) is 0 Å². The second kappa shape index (κ2) is 11.5. The number of ether oxygens (including phenoxy) is 2. The van der Waals surface area contributed by atoms with Gasteiger partial charge in [-0.1, -0.05) is 31.8 Å². The Balaban J connectivity index is 1.29. The first-order valence-electron chi connectivity index (χ1n) is 15.6. The molecule has 0 unspecified atom stereocenters. The van der Waals surface area contributed by atoms with Crippen LogP contribution in [0.15, 0.2) is 65.8 Å². The van der Waals surface area contributed by atoms with Crippen LogP contribution in [0, 0.1) is 5.82 Å². The van der Waals surface area contributed by atoms with Gasteiger partial charge < -0.3 is 14.8 Å². The summed E-state index contributed by atoms with van der Waals surface area (Å²) < 4.78 is 29.0. The molecule has 0 bridgehead atoms. The Morgan fingerprint density at radius 3 is 2.71 bits per heavy atom. The monoisotopic (exact) mass is 626 g/mol. The summed E-state index contributed by atoms with van der Waals surface area (Å²) in [5, 5.41) is 4.77. The van der Waals surface area contributed by atoms with Crippen LogP contribution in [0.4, 0.5) is 15.9 Å². The van der Waals surface area contributed by atoms with Crippen LogP contribution in [0.25, 0.3) is 27.7 Å². The van der Waals surface area contributed by atoms with Gasteiger partial charge >= 0.3 is 0 Å². The van der Waals surface area contributed by atoms with Crippen molar-refractivity contribution in [1.82, 2.24) is 23.8 Å². The van der Waals surface area contributed by atoms with Gasteiger partial charge in [-0.25, -0.2) is 14.4 Å². The summed E-state index contributed by atoms with van der Waals surface area (Å²) in [5.41, 5.74) is 4.88. The lowest BCUT2D eigenvalue weighted by Crippen LogP contribution is -2.43. The highest BCUT2D eigenvalue weighted by Gasteiger charge is 2.45. The van der Waals surface area contributed by atoms with Gasteiger partial charge in [-0.15, -0.1) is 0 Å². The molecule has 1 N–H and O–H groups in total. The molecule has 6 heterocycles. The lowest BCUT2D eigenvalue weighted by molar-refractivity contribution is -0.0132. The number of hydrogen-bond acceptors (Lipinski definition) is 7. The first-order chi connectivity index (χ1) is 21.6. The number of pyridine rings is 3. The van der Waals surface area contributed by atoms with Crippen LogP contribution in [-0.2, 0) is 28.3 Å². The van der Waals surface area contributed by atoms with Crippen molar-refractivity contribution in [1.29, 1.82) is 0 Å². The summed E-state index contributed by atoms with van der Waals surface area (Å²) in [6, 6.07) is 13.9. The Morgan fingerprint density at radius 2 is 1.91 bits per heavy atom. The van der Waals surface area contributed by atoms with Gasteiger partial charge in [0, 0.05) is 63.8 Å². The summed E-state index contributed by atoms with van der Waals surface area (Å²) in [4.78, 5) is 26.0. The van der Waals surface area contributed by atoms with Crippen molar-refractivity contribution in [2.24, 2.45) is 0 Å². The first-order valence-corrected chi connectivity index (χ1v) is 19.3. The third kappa shape index (κ3) is 5.48. The Labute approximate surface area is 262 Å². The topological polar surface area (TPSA) is 85.9 Å². The van der Waals surface area contributed by atoms with Crippen LogP contribution in [0.1, 0.15) is 24.1 Å². The molecule has 9 nitrogen and oxygen atoms in total. The van der Waals surface area contributed by atoms with E-state index in [0.717, 1.165) is 61.0 Å². The quantitative estimate of drug-likeness (QED) is 0.159. The number of fused-ring (bicyclic) bond motifs is 4. The second-order valence-corrected chi connectivity index (χ2v) is 19.0. The molecule has 11 heteroatoms. The fraction of sp³-hybridized carbons (Fsp3) is 0.382. The van der Waals surface area contributed by atoms with Crippen molar-refractivity contribution in [3.05, 3.63) is 88.5 Å². The summed E-state index contributed by atoms with van der Waals surface area (Å²) in [6.07, 6.45) is 7.06. The standard InChI is InChI=1S/C34H39FN6O3Si/c1-39-21-28-26(34(39)11-15-43-16-12-34)6-8-30(38-28)37-27-7-5-24(29-20-36-31-19-23(35)9-14-41(29)31)25-10-13-40(33(42)32(25)27)22-44-17-18-45(2,3)4/h5-10,13-14,19-20H,11-12,15-18,21-22H2,1-4H3,(H,37,38). The zero-order valence-electron chi connectivity index (χ0n) is 26.3. The van der Waals surface area contributed by atoms with Gasteiger partial charge in [-0.2, -0.15) is 0 Å². The summed E-state index contributed by atoms with van der Waals surface area (Å²) in [5.74, 6) is 0.337. The molecule has 45 heavy (non-hydrogen) atoms. The average Bonchev–Trinajstić information content (AvgIpc) is 3.53. The Morgan fingerprint density at radius 1 is 1.09 bits per heavy atom. The summed E-state index contributed by atoms with van der Waals surface area (Å²) >= 11 is 0. The minimum atomic E-state index is -1.26. The molecule has 234 valence electrons. The minimum absolute atomic E-state index is 0.0341. The molecule has 0 saturated carbocycles. The zero-order chi connectivity index (χ0) is 31.3. The van der Waals surface area contributed by atoms with Gasteiger partial charge in [0.1, 0.15) is 24.0 Å². The molecule has 0 amide bonds. The molecule has 1 saturated heterocycles. The van der Waals surface area contributed by atoms with Crippen LogP contribution < -0.4 is 10.9 Å². The highest BCUT2D eigenvalue weighted by atomic mass is 28.3. The zero-order valence-corrected chi connectivity index (χ0v) is 27.3. The molecule has 0 radical (unpaired) electrons. The number of hydrogen-bond donors (Lipinski definition) is 1. The third-order valence-electron chi connectivity index (χ3n) is 9.30. The molecule has 0 atom stereocenters. The van der Waals surface area contributed by atoms with Crippen molar-refractivity contribution in [2.45, 2.75) is 57.3 Å². The molecular formula is C34H39FN6O3Si. The van der Waals surface area contributed by atoms with Gasteiger partial charge in [0.25, 0.3) is 5.56 Å². The van der Waals surface area contributed by atoms with Crippen molar-refractivity contribution in [3.63, 3.8) is 0 Å². The maximum Gasteiger partial charge on any atom is 0.262 e. The SMILES string of the molecule is CN1Cc2nc(Nc3ccc(-c4cnc5cc(F)ccn45)c4ccn(COCC[Si](C)(C)C)c(=O)c34)ccc2C12CCOCC2. The number of rotatable bonds is 8. The number of anilines is 2. The molecule has 4 aromatic heterocycles. The average molecular weight is 627 g/mol. The number of imidazole rings is 1.